The lowest BCUT2D eigenvalue weighted by Gasteiger charge is -2.20. The first-order valence-electron chi connectivity index (χ1n) is 6.39. The van der Waals surface area contributed by atoms with Crippen molar-refractivity contribution in [3.05, 3.63) is 33.9 Å². The van der Waals surface area contributed by atoms with E-state index in [1.807, 2.05) is 14.1 Å². The molecule has 1 heterocycles. The van der Waals surface area contributed by atoms with Crippen LogP contribution in [-0.4, -0.2) is 53.9 Å². The molecule has 2 rings (SSSR count). The molecule has 7 heteroatoms. The number of hydrogen-bond donors (Lipinski definition) is 1. The van der Waals surface area contributed by atoms with Gasteiger partial charge in [0.1, 0.15) is 5.69 Å². The van der Waals surface area contributed by atoms with Crippen molar-refractivity contribution >= 4 is 17.3 Å². The second kappa shape index (κ2) is 5.46. The Bertz CT molecular complexity index is 544. The van der Waals surface area contributed by atoms with Gasteiger partial charge in [0.15, 0.2) is 0 Å². The van der Waals surface area contributed by atoms with E-state index < -0.39 is 4.92 Å². The molecule has 20 heavy (non-hydrogen) atoms. The zero-order valence-electron chi connectivity index (χ0n) is 11.6. The molecular weight excluding hydrogens is 260 g/mol. The molecule has 1 aliphatic rings. The van der Waals surface area contributed by atoms with Gasteiger partial charge in [-0.05, 0) is 32.6 Å². The van der Waals surface area contributed by atoms with Crippen LogP contribution in [0.5, 0.6) is 0 Å². The van der Waals surface area contributed by atoms with E-state index in [0.29, 0.717) is 24.7 Å². The Balaban J connectivity index is 2.18. The van der Waals surface area contributed by atoms with Gasteiger partial charge < -0.3 is 15.5 Å². The average Bonchev–Trinajstić information content (AvgIpc) is 2.87. The van der Waals surface area contributed by atoms with Gasteiger partial charge in [0.2, 0.25) is 0 Å². The van der Waals surface area contributed by atoms with Crippen LogP contribution in [0.15, 0.2) is 18.2 Å². The molecule has 2 N–H and O–H groups in total. The van der Waals surface area contributed by atoms with E-state index in [1.165, 1.54) is 18.2 Å². The number of rotatable bonds is 3. The molecule has 0 radical (unpaired) electrons. The standard InChI is InChI=1S/C13H18N4O3/c1-15(2)10-5-6-16(8-10)13(18)9-3-4-11(14)12(7-9)17(19)20/h3-4,7,10H,5-6,8,14H2,1-2H3. The van der Waals surface area contributed by atoms with Gasteiger partial charge >= 0.3 is 0 Å². The molecule has 1 atom stereocenters. The zero-order valence-corrected chi connectivity index (χ0v) is 11.6. The highest BCUT2D eigenvalue weighted by Gasteiger charge is 2.28. The molecule has 0 saturated carbocycles. The smallest absolute Gasteiger partial charge is 0.292 e. The summed E-state index contributed by atoms with van der Waals surface area (Å²) in [4.78, 5) is 26.4. The number of anilines is 1. The maximum absolute atomic E-state index is 12.3. The van der Waals surface area contributed by atoms with Gasteiger partial charge in [0.25, 0.3) is 11.6 Å². The number of benzene rings is 1. The minimum Gasteiger partial charge on any atom is -0.393 e. The van der Waals surface area contributed by atoms with Crippen LogP contribution in [0.2, 0.25) is 0 Å². The molecule has 1 aromatic rings. The number of carbonyl (C=O) groups is 1. The maximum atomic E-state index is 12.3. The molecule has 0 aliphatic carbocycles. The van der Waals surface area contributed by atoms with Crippen molar-refractivity contribution < 1.29 is 9.72 Å². The first kappa shape index (κ1) is 14.3. The van der Waals surface area contributed by atoms with E-state index in [-0.39, 0.29) is 17.3 Å². The van der Waals surface area contributed by atoms with Crippen molar-refractivity contribution in [1.82, 2.24) is 9.80 Å². The first-order chi connectivity index (χ1) is 9.40. The third-order valence-corrected chi connectivity index (χ3v) is 3.65. The van der Waals surface area contributed by atoms with E-state index in [0.717, 1.165) is 6.42 Å². The largest absolute Gasteiger partial charge is 0.393 e. The predicted octanol–water partition coefficient (Wildman–Crippen LogP) is 0.953. The van der Waals surface area contributed by atoms with Crippen molar-refractivity contribution in [1.29, 1.82) is 0 Å². The van der Waals surface area contributed by atoms with E-state index in [4.69, 9.17) is 5.73 Å². The number of likely N-dealkylation sites (N-methyl/N-ethyl adjacent to an activating group) is 1. The Morgan fingerprint density at radius 3 is 2.75 bits per heavy atom. The number of amides is 1. The van der Waals surface area contributed by atoms with Crippen molar-refractivity contribution in [3.8, 4) is 0 Å². The van der Waals surface area contributed by atoms with E-state index in [9.17, 15) is 14.9 Å². The van der Waals surface area contributed by atoms with Crippen LogP contribution >= 0.6 is 0 Å². The van der Waals surface area contributed by atoms with E-state index in [2.05, 4.69) is 4.90 Å². The van der Waals surface area contributed by atoms with Crippen molar-refractivity contribution in [2.45, 2.75) is 12.5 Å². The SMILES string of the molecule is CN(C)C1CCN(C(=O)c2ccc(N)c([N+](=O)[O-])c2)C1. The normalized spacial score (nSPS) is 18.6. The molecular formula is C13H18N4O3. The van der Waals surface area contributed by atoms with Gasteiger partial charge in [-0.25, -0.2) is 0 Å². The lowest BCUT2D eigenvalue weighted by atomic mass is 10.1. The molecule has 1 fully saturated rings. The van der Waals surface area contributed by atoms with Crippen molar-refractivity contribution in [2.75, 3.05) is 32.9 Å². The minimum absolute atomic E-state index is 0.0686. The number of carbonyl (C=O) groups excluding carboxylic acids is 1. The Hall–Kier alpha value is -2.15. The Kier molecular flexibility index (Phi) is 3.89. The van der Waals surface area contributed by atoms with E-state index in [1.54, 1.807) is 4.90 Å². The second-order valence-corrected chi connectivity index (χ2v) is 5.19. The fourth-order valence-corrected chi connectivity index (χ4v) is 2.37. The summed E-state index contributed by atoms with van der Waals surface area (Å²) in [5.74, 6) is -0.183. The summed E-state index contributed by atoms with van der Waals surface area (Å²) in [7, 11) is 3.96. The Labute approximate surface area is 117 Å². The van der Waals surface area contributed by atoms with E-state index >= 15 is 0 Å². The quantitative estimate of drug-likeness (QED) is 0.505. The first-order valence-corrected chi connectivity index (χ1v) is 6.39. The van der Waals surface area contributed by atoms with Gasteiger partial charge in [0, 0.05) is 30.8 Å². The monoisotopic (exact) mass is 278 g/mol. The number of likely N-dealkylation sites (tertiary alicyclic amines) is 1. The topological polar surface area (TPSA) is 92.7 Å². The maximum Gasteiger partial charge on any atom is 0.292 e. The second-order valence-electron chi connectivity index (χ2n) is 5.19. The van der Waals surface area contributed by atoms with Crippen LogP contribution in [0.25, 0.3) is 0 Å². The summed E-state index contributed by atoms with van der Waals surface area (Å²) >= 11 is 0. The summed E-state index contributed by atoms with van der Waals surface area (Å²) in [5, 5.41) is 10.9. The number of nitrogens with two attached hydrogens (primary N) is 1. The Morgan fingerprint density at radius 2 is 2.20 bits per heavy atom. The number of nitrogens with zero attached hydrogens (tertiary/aromatic N) is 3. The predicted molar refractivity (Wildman–Crippen MR) is 75.5 cm³/mol. The molecule has 1 aromatic carbocycles. The van der Waals surface area contributed by atoms with Crippen LogP contribution < -0.4 is 5.73 Å². The fraction of sp³-hybridized carbons (Fsp3) is 0.462. The number of nitro benzene ring substituents is 1. The average molecular weight is 278 g/mol. The van der Waals surface area contributed by atoms with Crippen LogP contribution in [-0.2, 0) is 0 Å². The van der Waals surface area contributed by atoms with Gasteiger partial charge in [-0.1, -0.05) is 0 Å². The molecule has 1 saturated heterocycles. The molecule has 0 bridgehead atoms. The summed E-state index contributed by atoms with van der Waals surface area (Å²) in [6, 6.07) is 4.53. The molecule has 0 aromatic heterocycles. The third kappa shape index (κ3) is 2.72. The number of hydrogen-bond acceptors (Lipinski definition) is 5. The Morgan fingerprint density at radius 1 is 1.50 bits per heavy atom. The molecule has 108 valence electrons. The molecule has 1 amide bonds. The highest BCUT2D eigenvalue weighted by Crippen LogP contribution is 2.24. The van der Waals surface area contributed by atoms with Crippen LogP contribution in [0.3, 0.4) is 0 Å². The number of nitrogen functional groups attached to an aromatic ring is 1. The third-order valence-electron chi connectivity index (χ3n) is 3.65. The van der Waals surface area contributed by atoms with Crippen LogP contribution in [0, 0.1) is 10.1 Å². The van der Waals surface area contributed by atoms with Crippen molar-refractivity contribution in [3.63, 3.8) is 0 Å². The highest BCUT2D eigenvalue weighted by atomic mass is 16.6. The summed E-state index contributed by atoms with van der Waals surface area (Å²) in [5.41, 5.74) is 5.69. The molecule has 1 aliphatic heterocycles. The summed E-state index contributed by atoms with van der Waals surface area (Å²) in [6.45, 7) is 1.31. The van der Waals surface area contributed by atoms with Gasteiger partial charge in [-0.15, -0.1) is 0 Å². The van der Waals surface area contributed by atoms with Gasteiger partial charge in [-0.2, -0.15) is 0 Å². The lowest BCUT2D eigenvalue weighted by Crippen LogP contribution is -2.34. The number of nitro groups is 1. The van der Waals surface area contributed by atoms with Crippen molar-refractivity contribution in [2.24, 2.45) is 0 Å². The molecule has 1 unspecified atom stereocenters. The summed E-state index contributed by atoms with van der Waals surface area (Å²) in [6.07, 6.45) is 0.913. The molecule has 0 spiro atoms. The van der Waals surface area contributed by atoms with Crippen LogP contribution in [0.4, 0.5) is 11.4 Å². The van der Waals surface area contributed by atoms with Gasteiger partial charge in [-0.3, -0.25) is 14.9 Å². The lowest BCUT2D eigenvalue weighted by molar-refractivity contribution is -0.383. The highest BCUT2D eigenvalue weighted by molar-refractivity contribution is 5.95. The minimum atomic E-state index is -0.571. The van der Waals surface area contributed by atoms with Crippen LogP contribution in [0.1, 0.15) is 16.8 Å². The zero-order chi connectivity index (χ0) is 14.9. The van der Waals surface area contributed by atoms with Gasteiger partial charge in [0.05, 0.1) is 4.92 Å². The molecule has 7 nitrogen and oxygen atoms in total. The fourth-order valence-electron chi connectivity index (χ4n) is 2.37. The summed E-state index contributed by atoms with van der Waals surface area (Å²) < 4.78 is 0.